The highest BCUT2D eigenvalue weighted by Crippen LogP contribution is 2.56. The monoisotopic (exact) mass is 438 g/mol. The normalized spacial score (nSPS) is 37.5. The van der Waals surface area contributed by atoms with Crippen molar-refractivity contribution in [1.29, 1.82) is 0 Å². The number of anilines is 1. The highest BCUT2D eigenvalue weighted by Gasteiger charge is 2.59. The van der Waals surface area contributed by atoms with Gasteiger partial charge in [-0.05, 0) is 55.9 Å². The number of aryl methyl sites for hydroxylation is 2. The second-order valence-electron chi connectivity index (χ2n) is 10.9. The predicted molar refractivity (Wildman–Crippen MR) is 127 cm³/mol. The highest BCUT2D eigenvalue weighted by molar-refractivity contribution is 5.76. The minimum absolute atomic E-state index is 0.0945. The second kappa shape index (κ2) is 8.18. The maximum Gasteiger partial charge on any atom is 0.311 e. The zero-order chi connectivity index (χ0) is 22.6. The molecule has 174 valence electrons. The first-order valence-corrected chi connectivity index (χ1v) is 12.4. The van der Waals surface area contributed by atoms with Crippen molar-refractivity contribution in [2.24, 2.45) is 23.2 Å². The first kappa shape index (κ1) is 22.0. The van der Waals surface area contributed by atoms with Crippen molar-refractivity contribution in [2.75, 3.05) is 37.6 Å². The number of rotatable bonds is 3. The van der Waals surface area contributed by atoms with Crippen LogP contribution in [0.1, 0.15) is 44.2 Å². The average Bonchev–Trinajstić information content (AvgIpc) is 3.08. The summed E-state index contributed by atoms with van der Waals surface area (Å²) in [6.45, 7) is 13.3. The van der Waals surface area contributed by atoms with Gasteiger partial charge in [0.1, 0.15) is 6.10 Å². The van der Waals surface area contributed by atoms with E-state index in [4.69, 9.17) is 4.74 Å². The number of hydrogen-bond acceptors (Lipinski definition) is 5. The quantitative estimate of drug-likeness (QED) is 0.576. The lowest BCUT2D eigenvalue weighted by molar-refractivity contribution is -0.145. The molecule has 0 amide bonds. The van der Waals surface area contributed by atoms with Crippen molar-refractivity contribution < 1.29 is 14.6 Å². The molecular weight excluding hydrogens is 400 g/mol. The van der Waals surface area contributed by atoms with Gasteiger partial charge in [0.05, 0.1) is 12.0 Å². The standard InChI is InChI=1S/C27H38N2O3/c1-17-8-9-21(14-18(17)2)29-12-10-28(11-13-29)16-22-24-23(32-26(22)31)15-20-7-5-6-19(3)27(20,4)25(24)30/h7-9,14,19,22-25,30H,5-6,10-13,15-16H2,1-4H3/t19-,22-,23+,24-,25+,27+/m0/s1. The van der Waals surface area contributed by atoms with Gasteiger partial charge in [0.15, 0.2) is 0 Å². The molecule has 5 rings (SSSR count). The van der Waals surface area contributed by atoms with Gasteiger partial charge in [0, 0.05) is 56.2 Å². The number of piperazine rings is 1. The van der Waals surface area contributed by atoms with Gasteiger partial charge in [-0.1, -0.05) is 31.6 Å². The molecule has 0 radical (unpaired) electrons. The number of esters is 1. The molecule has 2 aliphatic carbocycles. The number of hydrogen-bond donors (Lipinski definition) is 1. The number of ether oxygens (including phenoxy) is 1. The largest absolute Gasteiger partial charge is 0.461 e. The summed E-state index contributed by atoms with van der Waals surface area (Å²) < 4.78 is 5.86. The van der Waals surface area contributed by atoms with Crippen molar-refractivity contribution in [3.8, 4) is 0 Å². The first-order valence-electron chi connectivity index (χ1n) is 12.4. The molecule has 3 fully saturated rings. The smallest absolute Gasteiger partial charge is 0.311 e. The van der Waals surface area contributed by atoms with Gasteiger partial charge in [-0.15, -0.1) is 0 Å². The number of carbonyl (C=O) groups excluding carboxylic acids is 1. The number of carbonyl (C=O) groups is 1. The van der Waals surface area contributed by atoms with Crippen LogP contribution < -0.4 is 4.90 Å². The lowest BCUT2D eigenvalue weighted by Gasteiger charge is -2.52. The molecule has 0 unspecified atom stereocenters. The third kappa shape index (κ3) is 3.49. The van der Waals surface area contributed by atoms with E-state index in [1.54, 1.807) is 0 Å². The third-order valence-electron chi connectivity index (χ3n) is 9.25. The van der Waals surface area contributed by atoms with E-state index in [0.29, 0.717) is 12.5 Å². The fraction of sp³-hybridized carbons (Fsp3) is 0.667. The molecule has 1 aromatic rings. The van der Waals surface area contributed by atoms with E-state index >= 15 is 0 Å². The summed E-state index contributed by atoms with van der Waals surface area (Å²) >= 11 is 0. The Bertz CT molecular complexity index is 919. The zero-order valence-electron chi connectivity index (χ0n) is 20.0. The van der Waals surface area contributed by atoms with Crippen LogP contribution in [0.3, 0.4) is 0 Å². The Balaban J connectivity index is 1.27. The molecule has 5 nitrogen and oxygen atoms in total. The van der Waals surface area contributed by atoms with E-state index in [1.165, 1.54) is 22.4 Å². The summed E-state index contributed by atoms with van der Waals surface area (Å²) in [4.78, 5) is 17.8. The van der Waals surface area contributed by atoms with Gasteiger partial charge in [-0.3, -0.25) is 9.69 Å². The van der Waals surface area contributed by atoms with Crippen molar-refractivity contribution in [3.05, 3.63) is 41.0 Å². The molecule has 0 aromatic heterocycles. The summed E-state index contributed by atoms with van der Waals surface area (Å²) in [6, 6.07) is 6.69. The van der Waals surface area contributed by atoms with Crippen molar-refractivity contribution in [3.63, 3.8) is 0 Å². The van der Waals surface area contributed by atoms with E-state index in [1.807, 2.05) is 0 Å². The maximum atomic E-state index is 12.9. The predicted octanol–water partition coefficient (Wildman–Crippen LogP) is 3.71. The van der Waals surface area contributed by atoms with Gasteiger partial charge in [-0.25, -0.2) is 0 Å². The molecule has 32 heavy (non-hydrogen) atoms. The molecule has 6 atom stereocenters. The van der Waals surface area contributed by atoms with Gasteiger partial charge >= 0.3 is 5.97 Å². The summed E-state index contributed by atoms with van der Waals surface area (Å²) in [7, 11) is 0. The van der Waals surface area contributed by atoms with Crippen LogP contribution in [0.4, 0.5) is 5.69 Å². The lowest BCUT2D eigenvalue weighted by atomic mass is 9.55. The lowest BCUT2D eigenvalue weighted by Crippen LogP contribution is -2.55. The van der Waals surface area contributed by atoms with Crippen molar-refractivity contribution >= 4 is 11.7 Å². The van der Waals surface area contributed by atoms with E-state index in [2.05, 4.69) is 61.8 Å². The summed E-state index contributed by atoms with van der Waals surface area (Å²) in [6.07, 6.45) is 4.59. The molecule has 2 aliphatic heterocycles. The molecular formula is C27H38N2O3. The van der Waals surface area contributed by atoms with Crippen LogP contribution in [-0.4, -0.2) is 60.9 Å². The second-order valence-corrected chi connectivity index (χ2v) is 10.9. The Hall–Kier alpha value is -1.85. The minimum Gasteiger partial charge on any atom is -0.461 e. The summed E-state index contributed by atoms with van der Waals surface area (Å²) in [5.74, 6) is 0.00102. The zero-order valence-corrected chi connectivity index (χ0v) is 20.0. The Kier molecular flexibility index (Phi) is 5.61. The molecule has 0 spiro atoms. The first-order chi connectivity index (χ1) is 15.3. The van der Waals surface area contributed by atoms with E-state index in [0.717, 1.165) is 45.4 Å². The van der Waals surface area contributed by atoms with Crippen LogP contribution in [0, 0.1) is 37.0 Å². The molecule has 1 N–H and O–H groups in total. The molecule has 4 aliphatic rings. The summed E-state index contributed by atoms with van der Waals surface area (Å²) in [5, 5.41) is 11.6. The number of fused-ring (bicyclic) bond motifs is 2. The Morgan fingerprint density at radius 3 is 2.62 bits per heavy atom. The number of benzene rings is 1. The van der Waals surface area contributed by atoms with Crippen molar-refractivity contribution in [2.45, 2.75) is 59.2 Å². The highest BCUT2D eigenvalue weighted by atomic mass is 16.6. The molecule has 1 saturated carbocycles. The molecule has 2 saturated heterocycles. The summed E-state index contributed by atoms with van der Waals surface area (Å²) in [5.41, 5.74) is 5.02. The Morgan fingerprint density at radius 1 is 1.16 bits per heavy atom. The average molecular weight is 439 g/mol. The number of aliphatic hydroxyl groups is 1. The number of allylic oxidation sites excluding steroid dienone is 1. The van der Waals surface area contributed by atoms with Crippen LogP contribution in [0.2, 0.25) is 0 Å². The molecule has 2 heterocycles. The van der Waals surface area contributed by atoms with Gasteiger partial charge < -0.3 is 14.7 Å². The van der Waals surface area contributed by atoms with Crippen LogP contribution >= 0.6 is 0 Å². The van der Waals surface area contributed by atoms with Gasteiger partial charge in [0.2, 0.25) is 0 Å². The maximum absolute atomic E-state index is 12.9. The van der Waals surface area contributed by atoms with E-state index in [9.17, 15) is 9.90 Å². The van der Waals surface area contributed by atoms with Gasteiger partial charge in [-0.2, -0.15) is 0 Å². The van der Waals surface area contributed by atoms with Crippen LogP contribution in [-0.2, 0) is 9.53 Å². The molecule has 0 bridgehead atoms. The third-order valence-corrected chi connectivity index (χ3v) is 9.25. The Labute approximate surface area is 192 Å². The van der Waals surface area contributed by atoms with Crippen LogP contribution in [0.25, 0.3) is 0 Å². The van der Waals surface area contributed by atoms with Crippen LogP contribution in [0.5, 0.6) is 0 Å². The SMILES string of the molecule is Cc1ccc(N2CCN(C[C@@H]3C(=O)O[C@@H]4CC5=CCC[C@H](C)[C@@]5(C)[C@H](O)[C@@H]34)CC2)cc1C. The molecule has 5 heteroatoms. The van der Waals surface area contributed by atoms with Crippen molar-refractivity contribution in [1.82, 2.24) is 4.90 Å². The van der Waals surface area contributed by atoms with Crippen LogP contribution in [0.15, 0.2) is 29.8 Å². The fourth-order valence-corrected chi connectivity index (χ4v) is 6.66. The molecule has 1 aromatic carbocycles. The topological polar surface area (TPSA) is 53.0 Å². The van der Waals surface area contributed by atoms with Gasteiger partial charge in [0.25, 0.3) is 0 Å². The van der Waals surface area contributed by atoms with E-state index < -0.39 is 6.10 Å². The Morgan fingerprint density at radius 2 is 1.91 bits per heavy atom. The number of nitrogens with zero attached hydrogens (tertiary/aromatic N) is 2. The van der Waals surface area contributed by atoms with E-state index in [-0.39, 0.29) is 29.3 Å². The number of aliphatic hydroxyl groups excluding tert-OH is 1. The fourth-order valence-electron chi connectivity index (χ4n) is 6.66. The minimum atomic E-state index is -0.518.